The maximum absolute atomic E-state index is 13.1. The molecule has 0 saturated heterocycles. The van der Waals surface area contributed by atoms with E-state index in [9.17, 15) is 9.00 Å². The van der Waals surface area contributed by atoms with Crippen LogP contribution in [0.25, 0.3) is 0 Å². The molecule has 2 aliphatic rings. The number of rotatable bonds is 3. The molecule has 4 rings (SSSR count). The van der Waals surface area contributed by atoms with Crippen molar-refractivity contribution in [3.63, 3.8) is 0 Å². The highest BCUT2D eigenvalue weighted by Gasteiger charge is 2.46. The van der Waals surface area contributed by atoms with E-state index in [1.807, 2.05) is 37.3 Å². The van der Waals surface area contributed by atoms with Crippen LogP contribution in [-0.2, 0) is 10.8 Å². The van der Waals surface area contributed by atoms with Gasteiger partial charge in [-0.25, -0.2) is 4.21 Å². The average molecular weight is 339 g/mol. The van der Waals surface area contributed by atoms with Crippen molar-refractivity contribution >= 4 is 16.7 Å². The van der Waals surface area contributed by atoms with E-state index in [0.29, 0.717) is 22.8 Å². The summed E-state index contributed by atoms with van der Waals surface area (Å²) in [4.78, 5) is 13.8. The van der Waals surface area contributed by atoms with Crippen LogP contribution in [0.5, 0.6) is 0 Å². The van der Waals surface area contributed by atoms with Gasteiger partial charge in [-0.3, -0.25) is 9.36 Å². The number of nitrogens with zero attached hydrogens (tertiary/aromatic N) is 1. The molecule has 0 N–H and O–H groups in total. The summed E-state index contributed by atoms with van der Waals surface area (Å²) in [5.74, 6) is 1.29. The maximum atomic E-state index is 13.1. The molecule has 0 aliphatic heterocycles. The fourth-order valence-electron chi connectivity index (χ4n) is 4.12. The molecule has 1 aromatic carbocycles. The van der Waals surface area contributed by atoms with Gasteiger partial charge in [0.1, 0.15) is 15.8 Å². The molecule has 1 fully saturated rings. The van der Waals surface area contributed by atoms with Gasteiger partial charge in [0.2, 0.25) is 5.91 Å². The van der Waals surface area contributed by atoms with Crippen molar-refractivity contribution in [2.45, 2.75) is 30.2 Å². The first-order chi connectivity index (χ1) is 11.6. The van der Waals surface area contributed by atoms with E-state index in [-0.39, 0.29) is 11.8 Å². The predicted octanol–water partition coefficient (Wildman–Crippen LogP) is 4.06. The number of benzene rings is 1. The first-order valence-electron chi connectivity index (χ1n) is 8.44. The molecule has 2 bridgehead atoms. The van der Waals surface area contributed by atoms with Crippen molar-refractivity contribution in [3.8, 4) is 0 Å². The van der Waals surface area contributed by atoms with Gasteiger partial charge in [0.05, 0.1) is 0 Å². The molecular weight excluding hydrogens is 318 g/mol. The number of carbonyl (C=O) groups excluding carboxylic acids is 1. The highest BCUT2D eigenvalue weighted by Crippen LogP contribution is 2.48. The Hall–Kier alpha value is -1.94. The second-order valence-electron chi connectivity index (χ2n) is 6.97. The van der Waals surface area contributed by atoms with Gasteiger partial charge in [0.15, 0.2) is 0 Å². The van der Waals surface area contributed by atoms with Crippen LogP contribution in [0.2, 0.25) is 0 Å². The third-order valence-electron chi connectivity index (χ3n) is 5.51. The molecule has 0 spiro atoms. The molecule has 0 radical (unpaired) electrons. The maximum Gasteiger partial charge on any atom is 0.235 e. The van der Waals surface area contributed by atoms with Gasteiger partial charge < -0.3 is 0 Å². The Morgan fingerprint density at radius 1 is 1.12 bits per heavy atom. The van der Waals surface area contributed by atoms with Gasteiger partial charge in [-0.1, -0.05) is 36.8 Å². The zero-order chi connectivity index (χ0) is 16.8. The van der Waals surface area contributed by atoms with Crippen LogP contribution < -0.4 is 0 Å². The highest BCUT2D eigenvalue weighted by atomic mass is 32.2. The van der Waals surface area contributed by atoms with Crippen molar-refractivity contribution in [3.05, 3.63) is 60.3 Å². The Kier molecular flexibility index (Phi) is 3.80. The van der Waals surface area contributed by atoms with Crippen LogP contribution in [0.15, 0.2) is 64.7 Å². The zero-order valence-corrected chi connectivity index (χ0v) is 14.7. The predicted molar refractivity (Wildman–Crippen MR) is 94.3 cm³/mol. The van der Waals surface area contributed by atoms with Crippen LogP contribution in [0.4, 0.5) is 0 Å². The summed E-state index contributed by atoms with van der Waals surface area (Å²) in [6.07, 6.45) is 7.27. The summed E-state index contributed by atoms with van der Waals surface area (Å²) >= 11 is 0. The van der Waals surface area contributed by atoms with Gasteiger partial charge >= 0.3 is 0 Å². The Bertz CT molecular complexity index is 834. The monoisotopic (exact) mass is 339 g/mol. The molecule has 2 aromatic rings. The lowest BCUT2D eigenvalue weighted by Gasteiger charge is -2.24. The van der Waals surface area contributed by atoms with Gasteiger partial charge in [-0.05, 0) is 55.4 Å². The minimum absolute atomic E-state index is 0.00108. The van der Waals surface area contributed by atoms with Crippen molar-refractivity contribution in [2.75, 3.05) is 0 Å². The minimum atomic E-state index is -1.35. The van der Waals surface area contributed by atoms with E-state index in [4.69, 9.17) is 0 Å². The van der Waals surface area contributed by atoms with Crippen molar-refractivity contribution in [2.24, 2.45) is 23.7 Å². The largest absolute Gasteiger partial charge is 0.279 e. The lowest BCUT2D eigenvalue weighted by molar-refractivity contribution is 0.0766. The molecule has 1 saturated carbocycles. The van der Waals surface area contributed by atoms with E-state index in [1.54, 1.807) is 16.8 Å². The van der Waals surface area contributed by atoms with E-state index in [1.165, 1.54) is 0 Å². The molecule has 4 heteroatoms. The number of aryl methyl sites for hydroxylation is 1. The Morgan fingerprint density at radius 2 is 1.83 bits per heavy atom. The Morgan fingerprint density at radius 3 is 2.50 bits per heavy atom. The van der Waals surface area contributed by atoms with Gasteiger partial charge in [0, 0.05) is 17.0 Å². The molecule has 1 heterocycles. The first-order valence-corrected chi connectivity index (χ1v) is 9.59. The normalized spacial score (nSPS) is 29.1. The molecule has 3 nitrogen and oxygen atoms in total. The third kappa shape index (κ3) is 2.40. The molecule has 5 atom stereocenters. The topological polar surface area (TPSA) is 39.1 Å². The molecule has 124 valence electrons. The number of hydrogen-bond donors (Lipinski definition) is 0. The van der Waals surface area contributed by atoms with Gasteiger partial charge in [-0.15, -0.1) is 0 Å². The Labute approximate surface area is 144 Å². The minimum Gasteiger partial charge on any atom is -0.279 e. The van der Waals surface area contributed by atoms with Gasteiger partial charge in [-0.2, -0.15) is 0 Å². The fourth-order valence-corrected chi connectivity index (χ4v) is 5.28. The molecule has 1 unspecified atom stereocenters. The SMILES string of the molecule is Cc1ccc(S(=O)c2cccn2C(=O)[C@H]2[C@H](C)[C@H]3C=C[C@@H]2C3)cc1. The quantitative estimate of drug-likeness (QED) is 0.791. The fraction of sp³-hybridized carbons (Fsp3) is 0.350. The second-order valence-corrected chi connectivity index (χ2v) is 8.40. The van der Waals surface area contributed by atoms with E-state index in [2.05, 4.69) is 19.1 Å². The summed E-state index contributed by atoms with van der Waals surface area (Å²) in [6, 6.07) is 11.2. The molecular formula is C20H21NO2S. The molecule has 1 aromatic heterocycles. The highest BCUT2D eigenvalue weighted by molar-refractivity contribution is 7.85. The van der Waals surface area contributed by atoms with E-state index < -0.39 is 10.8 Å². The number of carbonyl (C=O) groups is 1. The molecule has 2 aliphatic carbocycles. The van der Waals surface area contributed by atoms with Crippen molar-refractivity contribution in [1.29, 1.82) is 0 Å². The third-order valence-corrected chi connectivity index (χ3v) is 6.92. The summed E-state index contributed by atoms with van der Waals surface area (Å²) < 4.78 is 14.5. The number of allylic oxidation sites excluding steroid dienone is 2. The van der Waals surface area contributed by atoms with Crippen LogP contribution in [0.1, 0.15) is 23.7 Å². The van der Waals surface area contributed by atoms with Crippen LogP contribution in [0, 0.1) is 30.6 Å². The van der Waals surface area contributed by atoms with Crippen LogP contribution in [0.3, 0.4) is 0 Å². The lowest BCUT2D eigenvalue weighted by Crippen LogP contribution is -2.30. The second kappa shape index (κ2) is 5.85. The molecule has 24 heavy (non-hydrogen) atoms. The van der Waals surface area contributed by atoms with Gasteiger partial charge in [0.25, 0.3) is 0 Å². The standard InChI is InChI=1S/C20H21NO2S/c1-13-5-9-17(10-6-13)24(23)18-4-3-11-21(18)20(22)19-14(2)15-7-8-16(19)12-15/h3-11,14-16,19H,12H2,1-2H3/t14-,15+,16-,19+,24?/m1/s1. The molecule has 0 amide bonds. The Balaban J connectivity index is 1.65. The van der Waals surface area contributed by atoms with Crippen molar-refractivity contribution in [1.82, 2.24) is 4.57 Å². The summed E-state index contributed by atoms with van der Waals surface area (Å²) in [6.45, 7) is 4.17. The summed E-state index contributed by atoms with van der Waals surface area (Å²) in [7, 11) is -1.35. The number of fused-ring (bicyclic) bond motifs is 2. The summed E-state index contributed by atoms with van der Waals surface area (Å²) in [5.41, 5.74) is 1.13. The van der Waals surface area contributed by atoms with E-state index >= 15 is 0 Å². The van der Waals surface area contributed by atoms with Crippen LogP contribution in [-0.4, -0.2) is 14.7 Å². The van der Waals surface area contributed by atoms with E-state index in [0.717, 1.165) is 16.9 Å². The van der Waals surface area contributed by atoms with Crippen molar-refractivity contribution < 1.29 is 9.00 Å². The number of hydrogen-bond acceptors (Lipinski definition) is 2. The lowest BCUT2D eigenvalue weighted by atomic mass is 9.84. The first kappa shape index (κ1) is 15.6. The number of aromatic nitrogens is 1. The average Bonchev–Trinajstić information content (AvgIpc) is 3.30. The summed E-state index contributed by atoms with van der Waals surface area (Å²) in [5, 5.41) is 0.572. The zero-order valence-electron chi connectivity index (χ0n) is 13.9. The smallest absolute Gasteiger partial charge is 0.235 e. The van der Waals surface area contributed by atoms with Crippen LogP contribution >= 0.6 is 0 Å².